The molecule has 0 saturated carbocycles. The molecule has 0 spiro atoms. The average molecular weight is 320 g/mol. The van der Waals surface area contributed by atoms with E-state index in [1.807, 2.05) is 65.6 Å². The van der Waals surface area contributed by atoms with Gasteiger partial charge >= 0.3 is 0 Å². The molecule has 0 fully saturated rings. The van der Waals surface area contributed by atoms with Crippen molar-refractivity contribution in [3.05, 3.63) is 66.2 Å². The first kappa shape index (κ1) is 16.3. The number of nitrogens with zero attached hydrogens (tertiary/aromatic N) is 1. The summed E-state index contributed by atoms with van der Waals surface area (Å²) < 4.78 is 0. The van der Waals surface area contributed by atoms with Gasteiger partial charge in [-0.05, 0) is 51.0 Å². The van der Waals surface area contributed by atoms with Crippen LogP contribution in [-0.2, 0) is 4.79 Å². The molecule has 0 radical (unpaired) electrons. The van der Waals surface area contributed by atoms with Crippen molar-refractivity contribution in [1.29, 1.82) is 0 Å². The molecule has 0 saturated heterocycles. The minimum absolute atomic E-state index is 0.0123. The maximum absolute atomic E-state index is 12.9. The molecule has 1 heterocycles. The molecule has 124 valence electrons. The fraction of sp³-hybridized carbons (Fsp3) is 0.286. The second kappa shape index (κ2) is 6.52. The predicted molar refractivity (Wildman–Crippen MR) is 101 cm³/mol. The number of anilines is 2. The van der Waals surface area contributed by atoms with Gasteiger partial charge in [-0.2, -0.15) is 0 Å². The van der Waals surface area contributed by atoms with Crippen LogP contribution < -0.4 is 10.2 Å². The second-order valence-corrected chi connectivity index (χ2v) is 7.03. The van der Waals surface area contributed by atoms with E-state index in [1.165, 1.54) is 0 Å². The number of hydrogen-bond donors (Lipinski definition) is 1. The third kappa shape index (κ3) is 3.51. The molecule has 3 nitrogen and oxygen atoms in total. The van der Waals surface area contributed by atoms with Gasteiger partial charge in [0.1, 0.15) is 0 Å². The number of carbonyl (C=O) groups is 1. The van der Waals surface area contributed by atoms with Crippen molar-refractivity contribution in [3.63, 3.8) is 0 Å². The molecule has 24 heavy (non-hydrogen) atoms. The number of para-hydroxylation sites is 2. The molecular formula is C21H24N2O. The second-order valence-electron chi connectivity index (χ2n) is 7.03. The summed E-state index contributed by atoms with van der Waals surface area (Å²) in [5, 5.41) is 3.57. The quantitative estimate of drug-likeness (QED) is 0.812. The van der Waals surface area contributed by atoms with Crippen LogP contribution in [0.5, 0.6) is 0 Å². The summed E-state index contributed by atoms with van der Waals surface area (Å²) in [5.74, 6) is 0.0123. The standard InChI is InChI=1S/C21H24N2O/c1-16-15-21(2,3)22-18-11-7-8-12-19(18)23(16)20(24)14-13-17-9-5-4-6-10-17/h4-14,16,22H,15H2,1-3H3/b14-13+. The molecule has 0 bridgehead atoms. The summed E-state index contributed by atoms with van der Waals surface area (Å²) in [7, 11) is 0. The Kier molecular flexibility index (Phi) is 4.43. The van der Waals surface area contributed by atoms with E-state index in [0.717, 1.165) is 23.4 Å². The molecule has 2 aromatic rings. The van der Waals surface area contributed by atoms with Crippen LogP contribution in [0.3, 0.4) is 0 Å². The molecule has 3 heteroatoms. The lowest BCUT2D eigenvalue weighted by Crippen LogP contribution is -2.41. The van der Waals surface area contributed by atoms with Crippen molar-refractivity contribution in [2.75, 3.05) is 10.2 Å². The highest BCUT2D eigenvalue weighted by Gasteiger charge is 2.32. The fourth-order valence-electron chi connectivity index (χ4n) is 3.42. The van der Waals surface area contributed by atoms with Gasteiger partial charge in [0, 0.05) is 17.7 Å². The van der Waals surface area contributed by atoms with E-state index in [9.17, 15) is 4.79 Å². The minimum atomic E-state index is -0.0618. The molecule has 1 atom stereocenters. The van der Waals surface area contributed by atoms with E-state index in [-0.39, 0.29) is 17.5 Å². The van der Waals surface area contributed by atoms with Gasteiger partial charge in [0.2, 0.25) is 0 Å². The van der Waals surface area contributed by atoms with Gasteiger partial charge in [-0.1, -0.05) is 42.5 Å². The van der Waals surface area contributed by atoms with Crippen LogP contribution in [0.15, 0.2) is 60.7 Å². The van der Waals surface area contributed by atoms with Crippen molar-refractivity contribution < 1.29 is 4.79 Å². The Hall–Kier alpha value is -2.55. The SMILES string of the molecule is CC1CC(C)(C)Nc2ccccc2N1C(=O)/C=C/c1ccccc1. The first-order valence-corrected chi connectivity index (χ1v) is 8.40. The first-order valence-electron chi connectivity index (χ1n) is 8.40. The van der Waals surface area contributed by atoms with Gasteiger partial charge in [0.25, 0.3) is 5.91 Å². The molecule has 0 aliphatic carbocycles. The van der Waals surface area contributed by atoms with Crippen LogP contribution in [0.2, 0.25) is 0 Å². The van der Waals surface area contributed by atoms with Crippen molar-refractivity contribution in [1.82, 2.24) is 0 Å². The van der Waals surface area contributed by atoms with Crippen LogP contribution in [-0.4, -0.2) is 17.5 Å². The summed E-state index contributed by atoms with van der Waals surface area (Å²) in [4.78, 5) is 14.8. The van der Waals surface area contributed by atoms with E-state index in [4.69, 9.17) is 0 Å². The lowest BCUT2D eigenvalue weighted by atomic mass is 9.96. The van der Waals surface area contributed by atoms with Crippen LogP contribution in [0, 0.1) is 0 Å². The number of amides is 1. The smallest absolute Gasteiger partial charge is 0.251 e. The maximum Gasteiger partial charge on any atom is 0.251 e. The van der Waals surface area contributed by atoms with Crippen LogP contribution in [0.4, 0.5) is 11.4 Å². The van der Waals surface area contributed by atoms with Gasteiger partial charge < -0.3 is 10.2 Å². The van der Waals surface area contributed by atoms with E-state index in [2.05, 4.69) is 26.1 Å². The van der Waals surface area contributed by atoms with Gasteiger partial charge in [0.15, 0.2) is 0 Å². The van der Waals surface area contributed by atoms with Gasteiger partial charge in [-0.15, -0.1) is 0 Å². The number of hydrogen-bond acceptors (Lipinski definition) is 2. The number of nitrogens with one attached hydrogen (secondary N) is 1. The minimum Gasteiger partial charge on any atom is -0.378 e. The Balaban J connectivity index is 1.93. The zero-order valence-corrected chi connectivity index (χ0v) is 14.5. The maximum atomic E-state index is 12.9. The molecule has 1 amide bonds. The molecule has 1 unspecified atom stereocenters. The molecule has 2 aromatic carbocycles. The zero-order chi connectivity index (χ0) is 17.2. The van der Waals surface area contributed by atoms with E-state index in [1.54, 1.807) is 6.08 Å². The zero-order valence-electron chi connectivity index (χ0n) is 14.5. The lowest BCUT2D eigenvalue weighted by molar-refractivity contribution is -0.114. The monoisotopic (exact) mass is 320 g/mol. The van der Waals surface area contributed by atoms with Crippen molar-refractivity contribution in [2.24, 2.45) is 0 Å². The van der Waals surface area contributed by atoms with E-state index >= 15 is 0 Å². The Morgan fingerprint density at radius 3 is 2.54 bits per heavy atom. The van der Waals surface area contributed by atoms with Crippen LogP contribution in [0.1, 0.15) is 32.8 Å². The molecular weight excluding hydrogens is 296 g/mol. The van der Waals surface area contributed by atoms with Gasteiger partial charge in [0.05, 0.1) is 11.4 Å². The number of fused-ring (bicyclic) bond motifs is 1. The number of benzene rings is 2. The number of rotatable bonds is 2. The van der Waals surface area contributed by atoms with Crippen LogP contribution >= 0.6 is 0 Å². The molecule has 1 aliphatic rings. The topological polar surface area (TPSA) is 32.3 Å². The van der Waals surface area contributed by atoms with Crippen molar-refractivity contribution >= 4 is 23.4 Å². The molecule has 1 N–H and O–H groups in total. The van der Waals surface area contributed by atoms with Gasteiger partial charge in [-0.25, -0.2) is 0 Å². The molecule has 1 aliphatic heterocycles. The summed E-state index contributed by atoms with van der Waals surface area (Å²) in [6.45, 7) is 6.46. The van der Waals surface area contributed by atoms with E-state index < -0.39 is 0 Å². The highest BCUT2D eigenvalue weighted by molar-refractivity contribution is 6.06. The largest absolute Gasteiger partial charge is 0.378 e. The lowest BCUT2D eigenvalue weighted by Gasteiger charge is -2.30. The predicted octanol–water partition coefficient (Wildman–Crippen LogP) is 4.72. The van der Waals surface area contributed by atoms with Crippen molar-refractivity contribution in [2.45, 2.75) is 38.8 Å². The van der Waals surface area contributed by atoms with Gasteiger partial charge in [-0.3, -0.25) is 4.79 Å². The Labute approximate surface area is 144 Å². The summed E-state index contributed by atoms with van der Waals surface area (Å²) in [6, 6.07) is 18.0. The Bertz CT molecular complexity index is 749. The normalized spacial score (nSPS) is 19.5. The average Bonchev–Trinajstić information content (AvgIpc) is 2.65. The summed E-state index contributed by atoms with van der Waals surface area (Å²) >= 11 is 0. The summed E-state index contributed by atoms with van der Waals surface area (Å²) in [5.41, 5.74) is 2.92. The third-order valence-corrected chi connectivity index (χ3v) is 4.34. The Morgan fingerprint density at radius 1 is 1.12 bits per heavy atom. The Morgan fingerprint density at radius 2 is 1.79 bits per heavy atom. The first-order chi connectivity index (χ1) is 11.5. The fourth-order valence-corrected chi connectivity index (χ4v) is 3.42. The molecule has 3 rings (SSSR count). The van der Waals surface area contributed by atoms with Crippen LogP contribution in [0.25, 0.3) is 6.08 Å². The number of carbonyl (C=O) groups excluding carboxylic acids is 1. The summed E-state index contributed by atoms with van der Waals surface area (Å²) in [6.07, 6.45) is 4.43. The highest BCUT2D eigenvalue weighted by atomic mass is 16.2. The van der Waals surface area contributed by atoms with E-state index in [0.29, 0.717) is 0 Å². The van der Waals surface area contributed by atoms with Crippen molar-refractivity contribution in [3.8, 4) is 0 Å². The molecule has 0 aromatic heterocycles. The third-order valence-electron chi connectivity index (χ3n) is 4.34. The highest BCUT2D eigenvalue weighted by Crippen LogP contribution is 2.36.